The molecule has 0 bridgehead atoms. The van der Waals surface area contributed by atoms with Crippen molar-refractivity contribution in [2.45, 2.75) is 58.2 Å². The lowest BCUT2D eigenvalue weighted by Crippen LogP contribution is -2.37. The van der Waals surface area contributed by atoms with Crippen LogP contribution in [0.15, 0.2) is 55.3 Å². The number of nitrogens with zero attached hydrogens (tertiary/aromatic N) is 2. The molecule has 0 fully saturated rings. The lowest BCUT2D eigenvalue weighted by molar-refractivity contribution is -0.678. The lowest BCUT2D eigenvalue weighted by Gasteiger charge is -2.26. The van der Waals surface area contributed by atoms with E-state index < -0.39 is 20.2 Å². The summed E-state index contributed by atoms with van der Waals surface area (Å²) in [5, 5.41) is 0. The van der Waals surface area contributed by atoms with E-state index in [1.54, 1.807) is 0 Å². The van der Waals surface area contributed by atoms with Gasteiger partial charge in [-0.3, -0.25) is 9.11 Å². The number of rotatable bonds is 14. The van der Waals surface area contributed by atoms with Gasteiger partial charge in [0, 0.05) is 34.4 Å². The van der Waals surface area contributed by atoms with Crippen molar-refractivity contribution in [2.24, 2.45) is 0 Å². The van der Waals surface area contributed by atoms with Gasteiger partial charge in [0.2, 0.25) is 5.58 Å². The van der Waals surface area contributed by atoms with E-state index in [2.05, 4.69) is 43.7 Å². The fourth-order valence-corrected chi connectivity index (χ4v) is 6.67. The van der Waals surface area contributed by atoms with Gasteiger partial charge in [0.25, 0.3) is 25.8 Å². The highest BCUT2D eigenvalue weighted by molar-refractivity contribution is 9.10. The Labute approximate surface area is 257 Å². The molecule has 4 rings (SSSR count). The van der Waals surface area contributed by atoms with Gasteiger partial charge >= 0.3 is 5.89 Å². The van der Waals surface area contributed by atoms with E-state index in [9.17, 15) is 16.8 Å². The van der Waals surface area contributed by atoms with Gasteiger partial charge in [0.15, 0.2) is 12.8 Å². The molecule has 2 heterocycles. The zero-order valence-corrected chi connectivity index (χ0v) is 27.3. The zero-order chi connectivity index (χ0) is 29.8. The number of benzene rings is 2. The summed E-state index contributed by atoms with van der Waals surface area (Å²) in [6.45, 7) is 3.10. The molecule has 1 atom stereocenters. The fourth-order valence-electron chi connectivity index (χ4n) is 4.83. The molecule has 0 aliphatic carbocycles. The van der Waals surface area contributed by atoms with Crippen LogP contribution in [0.1, 0.15) is 51.3 Å². The zero-order valence-electron chi connectivity index (χ0n) is 22.5. The Bertz CT molecular complexity index is 1640. The summed E-state index contributed by atoms with van der Waals surface area (Å²) < 4.78 is 79.3. The molecule has 0 spiro atoms. The SMILES string of the molecule is CCC(=Cc1oc2ccc(Br)cc2[n+]1CCCCS(=O)(=O)O)CC1Oc2ccc(Br)cc2N1CCCCS(=O)(=O)O. The first-order valence-electron chi connectivity index (χ1n) is 13.3. The quantitative estimate of drug-likeness (QED) is 0.116. The maximum atomic E-state index is 11.2. The summed E-state index contributed by atoms with van der Waals surface area (Å²) in [5.74, 6) is 0.781. The molecule has 3 aromatic rings. The second-order valence-corrected chi connectivity index (χ2v) is 14.9. The summed E-state index contributed by atoms with van der Waals surface area (Å²) in [6.07, 6.45) is 4.68. The lowest BCUT2D eigenvalue weighted by atomic mass is 10.1. The third kappa shape index (κ3) is 9.01. The van der Waals surface area contributed by atoms with Crippen LogP contribution in [0.3, 0.4) is 0 Å². The molecule has 0 saturated carbocycles. The van der Waals surface area contributed by atoms with Crippen LogP contribution in [-0.2, 0) is 26.8 Å². The Morgan fingerprint density at radius 2 is 1.63 bits per heavy atom. The number of oxazole rings is 1. The molecule has 14 heteroatoms. The molecule has 1 aromatic heterocycles. The van der Waals surface area contributed by atoms with Gasteiger partial charge in [-0.15, -0.1) is 0 Å². The highest BCUT2D eigenvalue weighted by Gasteiger charge is 2.32. The van der Waals surface area contributed by atoms with Crippen LogP contribution in [0.4, 0.5) is 5.69 Å². The van der Waals surface area contributed by atoms with Gasteiger partial charge < -0.3 is 14.1 Å². The fraction of sp³-hybridized carbons (Fsp3) is 0.444. The van der Waals surface area contributed by atoms with Crippen molar-refractivity contribution in [3.05, 3.63) is 56.8 Å². The first-order valence-corrected chi connectivity index (χ1v) is 18.1. The predicted molar refractivity (Wildman–Crippen MR) is 164 cm³/mol. The van der Waals surface area contributed by atoms with Gasteiger partial charge in [0.1, 0.15) is 5.75 Å². The Hall–Kier alpha value is -1.97. The molecule has 0 amide bonds. The number of aryl methyl sites for hydroxylation is 1. The standard InChI is InChI=1S/C27H32Br2N2O8S2/c1-2-19(15-26-30(11-3-5-13-40(32,33)34)22-17-20(28)7-9-24(22)38-26)16-27-31(12-4-6-14-41(35,36)37)23-18-21(29)8-10-25(23)39-27/h7-10,15,17-18,27H,2-6,11-14,16H2,1H3,(H-,32,33,34,35,36,37)/p+1. The van der Waals surface area contributed by atoms with Crippen LogP contribution < -0.4 is 14.2 Å². The van der Waals surface area contributed by atoms with Gasteiger partial charge in [0.05, 0.1) is 23.3 Å². The molecule has 0 saturated heterocycles. The van der Waals surface area contributed by atoms with Crippen LogP contribution in [0.5, 0.6) is 5.75 Å². The van der Waals surface area contributed by atoms with Crippen molar-refractivity contribution < 1.29 is 39.7 Å². The minimum Gasteiger partial charge on any atom is -0.468 e. The van der Waals surface area contributed by atoms with Gasteiger partial charge in [-0.05, 0) is 56.0 Å². The van der Waals surface area contributed by atoms with Crippen molar-refractivity contribution in [3.8, 4) is 5.75 Å². The minimum atomic E-state index is -4.02. The third-order valence-corrected chi connectivity index (χ3v) is 9.43. The normalized spacial score (nSPS) is 15.9. The van der Waals surface area contributed by atoms with E-state index in [4.69, 9.17) is 18.3 Å². The van der Waals surface area contributed by atoms with Crippen LogP contribution in [0.2, 0.25) is 0 Å². The van der Waals surface area contributed by atoms with Crippen molar-refractivity contribution in [1.82, 2.24) is 0 Å². The number of ether oxygens (including phenoxy) is 1. The van der Waals surface area contributed by atoms with E-state index in [0.717, 1.165) is 37.9 Å². The molecule has 41 heavy (non-hydrogen) atoms. The largest absolute Gasteiger partial charge is 0.468 e. The van der Waals surface area contributed by atoms with E-state index in [-0.39, 0.29) is 17.7 Å². The van der Waals surface area contributed by atoms with Crippen molar-refractivity contribution in [3.63, 3.8) is 0 Å². The molecule has 1 unspecified atom stereocenters. The summed E-state index contributed by atoms with van der Waals surface area (Å²) in [6, 6.07) is 11.5. The average Bonchev–Trinajstić information content (AvgIpc) is 3.39. The van der Waals surface area contributed by atoms with Crippen molar-refractivity contribution in [1.29, 1.82) is 0 Å². The minimum absolute atomic E-state index is 0.287. The summed E-state index contributed by atoms with van der Waals surface area (Å²) in [4.78, 5) is 2.12. The van der Waals surface area contributed by atoms with Gasteiger partial charge in [-0.2, -0.15) is 21.4 Å². The van der Waals surface area contributed by atoms with Crippen LogP contribution in [0.25, 0.3) is 17.2 Å². The number of unbranched alkanes of at least 4 members (excludes halogenated alkanes) is 2. The van der Waals surface area contributed by atoms with Gasteiger partial charge in [-0.1, -0.05) is 44.4 Å². The third-order valence-electron chi connectivity index (χ3n) is 6.84. The van der Waals surface area contributed by atoms with Crippen LogP contribution in [-0.4, -0.2) is 50.2 Å². The Morgan fingerprint density at radius 1 is 0.976 bits per heavy atom. The highest BCUT2D eigenvalue weighted by Crippen LogP contribution is 2.41. The number of halogens is 2. The molecule has 224 valence electrons. The summed E-state index contributed by atoms with van der Waals surface area (Å²) in [7, 11) is -8.04. The average molecular weight is 738 g/mol. The molecule has 0 radical (unpaired) electrons. The number of hydrogen-bond acceptors (Lipinski definition) is 7. The number of fused-ring (bicyclic) bond motifs is 2. The Kier molecular flexibility index (Phi) is 10.6. The number of anilines is 1. The van der Waals surface area contributed by atoms with E-state index in [0.29, 0.717) is 56.7 Å². The van der Waals surface area contributed by atoms with E-state index in [1.165, 1.54) is 0 Å². The Morgan fingerprint density at radius 3 is 2.32 bits per heavy atom. The number of hydrogen-bond donors (Lipinski definition) is 2. The van der Waals surface area contributed by atoms with Crippen LogP contribution >= 0.6 is 31.9 Å². The molecule has 1 aliphatic heterocycles. The van der Waals surface area contributed by atoms with Crippen LogP contribution in [0, 0.1) is 0 Å². The molecule has 1 aliphatic rings. The molecular weight excluding hydrogens is 704 g/mol. The Balaban J connectivity index is 1.58. The van der Waals surface area contributed by atoms with E-state index >= 15 is 0 Å². The second kappa shape index (κ2) is 13.6. The van der Waals surface area contributed by atoms with E-state index in [1.807, 2.05) is 47.0 Å². The number of aromatic nitrogens is 1. The molecule has 2 aromatic carbocycles. The van der Waals surface area contributed by atoms with Gasteiger partial charge in [-0.25, -0.2) is 0 Å². The highest BCUT2D eigenvalue weighted by atomic mass is 79.9. The smallest absolute Gasteiger partial charge is 0.374 e. The van der Waals surface area contributed by atoms with Crippen molar-refractivity contribution in [2.75, 3.05) is 23.0 Å². The molecular formula is C27H33Br2N2O8S2+. The second-order valence-electron chi connectivity index (χ2n) is 9.93. The maximum Gasteiger partial charge on any atom is 0.374 e. The predicted octanol–water partition coefficient (Wildman–Crippen LogP) is 5.99. The first kappa shape index (κ1) is 32.0. The monoisotopic (exact) mass is 735 g/mol. The molecule has 2 N–H and O–H groups in total. The topological polar surface area (TPSA) is 138 Å². The maximum absolute atomic E-state index is 11.2. The summed E-state index contributed by atoms with van der Waals surface area (Å²) >= 11 is 7.04. The first-order chi connectivity index (χ1) is 19.3. The summed E-state index contributed by atoms with van der Waals surface area (Å²) in [5.41, 5.74) is 3.53. The molecule has 10 nitrogen and oxygen atoms in total. The van der Waals surface area contributed by atoms with Crippen molar-refractivity contribution >= 4 is 75.0 Å².